The van der Waals surface area contributed by atoms with Crippen molar-refractivity contribution in [3.05, 3.63) is 33.8 Å². The number of likely N-dealkylation sites (tertiary alicyclic amines) is 2. The number of ether oxygens (including phenoxy) is 1. The number of hydrogen-bond acceptors (Lipinski definition) is 6. The maximum absolute atomic E-state index is 13.2. The van der Waals surface area contributed by atoms with Crippen LogP contribution in [-0.4, -0.2) is 60.1 Å². The quantitative estimate of drug-likeness (QED) is 0.614. The summed E-state index contributed by atoms with van der Waals surface area (Å²) in [5, 5.41) is 1.04. The van der Waals surface area contributed by atoms with Gasteiger partial charge in [0.25, 0.3) is 0 Å². The van der Waals surface area contributed by atoms with Gasteiger partial charge in [-0.05, 0) is 61.3 Å². The van der Waals surface area contributed by atoms with E-state index in [0.717, 1.165) is 44.3 Å². The molecule has 0 spiro atoms. The lowest BCUT2D eigenvalue weighted by molar-refractivity contribution is -0.136. The molecule has 2 amide bonds. The van der Waals surface area contributed by atoms with Gasteiger partial charge in [0.2, 0.25) is 5.91 Å². The van der Waals surface area contributed by atoms with E-state index in [4.69, 9.17) is 27.9 Å². The Kier molecular flexibility index (Phi) is 6.49. The summed E-state index contributed by atoms with van der Waals surface area (Å²) < 4.78 is 5.51. The number of benzene rings is 1. The molecule has 1 aliphatic carbocycles. The number of halogens is 2. The molecule has 3 aliphatic heterocycles. The Hall–Kier alpha value is -1.58. The zero-order valence-electron chi connectivity index (χ0n) is 17.9. The predicted octanol–water partition coefficient (Wildman–Crippen LogP) is 2.56. The van der Waals surface area contributed by atoms with Crippen LogP contribution in [0.15, 0.2) is 18.2 Å². The van der Waals surface area contributed by atoms with Gasteiger partial charge >= 0.3 is 6.09 Å². The van der Waals surface area contributed by atoms with Crippen LogP contribution in [0.1, 0.15) is 31.2 Å². The Morgan fingerprint density at radius 2 is 1.66 bits per heavy atom. The second-order valence-electron chi connectivity index (χ2n) is 9.47. The lowest BCUT2D eigenvalue weighted by atomic mass is 9.82. The van der Waals surface area contributed by atoms with Crippen LogP contribution in [0.4, 0.5) is 4.79 Å². The maximum Gasteiger partial charge on any atom is 0.410 e. The molecule has 5 atom stereocenters. The van der Waals surface area contributed by atoms with Crippen LogP contribution in [0, 0.1) is 17.8 Å². The van der Waals surface area contributed by atoms with E-state index >= 15 is 0 Å². The van der Waals surface area contributed by atoms with Crippen LogP contribution in [0.3, 0.4) is 0 Å². The maximum atomic E-state index is 13.2. The average molecular weight is 482 g/mol. The van der Waals surface area contributed by atoms with Gasteiger partial charge in [-0.1, -0.05) is 23.2 Å². The van der Waals surface area contributed by atoms with Gasteiger partial charge in [-0.3, -0.25) is 4.79 Å². The van der Waals surface area contributed by atoms with Gasteiger partial charge in [-0.15, -0.1) is 0 Å². The minimum absolute atomic E-state index is 0.0798. The fourth-order valence-electron chi connectivity index (χ4n) is 5.66. The van der Waals surface area contributed by atoms with Gasteiger partial charge in [0.15, 0.2) is 0 Å². The van der Waals surface area contributed by atoms with E-state index < -0.39 is 0 Å². The van der Waals surface area contributed by atoms with Crippen molar-refractivity contribution >= 4 is 35.2 Å². The number of rotatable bonds is 3. The molecule has 0 aromatic heterocycles. The average Bonchev–Trinajstić information content (AvgIpc) is 3.42. The topological polar surface area (TPSA) is 85.9 Å². The molecule has 4 fully saturated rings. The van der Waals surface area contributed by atoms with E-state index in [1.54, 1.807) is 23.1 Å². The van der Waals surface area contributed by atoms with Crippen molar-refractivity contribution in [1.82, 2.24) is 26.2 Å². The summed E-state index contributed by atoms with van der Waals surface area (Å²) in [7, 11) is 0. The van der Waals surface area contributed by atoms with E-state index in [2.05, 4.69) is 16.4 Å². The molecule has 1 aromatic carbocycles. The molecule has 3 N–H and O–H groups in total. The van der Waals surface area contributed by atoms with Gasteiger partial charge in [0, 0.05) is 54.2 Å². The summed E-state index contributed by atoms with van der Waals surface area (Å²) >= 11 is 12.0. The van der Waals surface area contributed by atoms with Crippen molar-refractivity contribution in [2.24, 2.45) is 17.8 Å². The molecule has 10 heteroatoms. The number of hydrogen-bond donors (Lipinski definition) is 3. The third-order valence-electron chi connectivity index (χ3n) is 7.37. The Morgan fingerprint density at radius 1 is 0.938 bits per heavy atom. The lowest BCUT2D eigenvalue weighted by Crippen LogP contribution is -2.45. The Morgan fingerprint density at radius 3 is 2.47 bits per heavy atom. The molecule has 32 heavy (non-hydrogen) atoms. The molecule has 3 unspecified atom stereocenters. The SMILES string of the molecule is O=C(OCc1cc(Cl)cc(Cl)c1)N1CC[C@H]2CN(C(=O)C3CCC4NNNC4C3)C[C@H]2C1. The number of amides is 2. The van der Waals surface area contributed by atoms with E-state index in [1.807, 2.05) is 4.90 Å². The normalized spacial score (nSPS) is 31.9. The molecule has 3 saturated heterocycles. The standard InChI is InChI=1S/C22H29Cl2N5O3/c23-17-5-13(6-18(24)8-17)12-32-22(31)28-4-3-15-9-29(11-16(15)10-28)21(30)14-1-2-19-20(7-14)26-27-25-19/h5-6,8,14-16,19-20,25-27H,1-4,7,9-12H2/t14?,15-,16+,19?,20?/m0/s1. The number of carbonyl (C=O) groups excluding carboxylic acids is 2. The molecule has 4 aliphatic rings. The minimum Gasteiger partial charge on any atom is -0.445 e. The molecule has 8 nitrogen and oxygen atoms in total. The Balaban J connectivity index is 1.12. The zero-order valence-corrected chi connectivity index (χ0v) is 19.4. The van der Waals surface area contributed by atoms with E-state index in [1.165, 1.54) is 0 Å². The first kappa shape index (κ1) is 22.2. The van der Waals surface area contributed by atoms with Crippen molar-refractivity contribution in [3.63, 3.8) is 0 Å². The molecule has 5 rings (SSSR count). The van der Waals surface area contributed by atoms with Crippen LogP contribution in [0.5, 0.6) is 0 Å². The van der Waals surface area contributed by atoms with Crippen molar-refractivity contribution in [3.8, 4) is 0 Å². The highest BCUT2D eigenvalue weighted by molar-refractivity contribution is 6.34. The lowest BCUT2D eigenvalue weighted by Gasteiger charge is -2.33. The molecule has 0 bridgehead atoms. The van der Waals surface area contributed by atoms with Crippen LogP contribution >= 0.6 is 23.2 Å². The Labute approximate surface area is 197 Å². The van der Waals surface area contributed by atoms with Crippen LogP contribution < -0.4 is 16.4 Å². The van der Waals surface area contributed by atoms with E-state index in [9.17, 15) is 9.59 Å². The van der Waals surface area contributed by atoms with Crippen LogP contribution in [-0.2, 0) is 16.1 Å². The highest BCUT2D eigenvalue weighted by Gasteiger charge is 2.43. The van der Waals surface area contributed by atoms with E-state index in [0.29, 0.717) is 47.1 Å². The van der Waals surface area contributed by atoms with Crippen molar-refractivity contribution in [1.29, 1.82) is 0 Å². The number of fused-ring (bicyclic) bond motifs is 2. The molecule has 3 heterocycles. The van der Waals surface area contributed by atoms with Crippen LogP contribution in [0.25, 0.3) is 0 Å². The number of hydrazine groups is 2. The number of nitrogens with one attached hydrogen (secondary N) is 3. The predicted molar refractivity (Wildman–Crippen MR) is 121 cm³/mol. The monoisotopic (exact) mass is 481 g/mol. The smallest absolute Gasteiger partial charge is 0.410 e. The number of piperidine rings is 1. The second kappa shape index (κ2) is 9.35. The third-order valence-corrected chi connectivity index (χ3v) is 7.81. The zero-order chi connectivity index (χ0) is 22.2. The highest BCUT2D eigenvalue weighted by atomic mass is 35.5. The summed E-state index contributed by atoms with van der Waals surface area (Å²) in [4.78, 5) is 29.6. The largest absolute Gasteiger partial charge is 0.445 e. The van der Waals surface area contributed by atoms with Gasteiger partial charge in [0.05, 0.1) is 0 Å². The Bertz CT molecular complexity index is 867. The fraction of sp³-hybridized carbons (Fsp3) is 0.636. The highest BCUT2D eigenvalue weighted by Crippen LogP contribution is 2.35. The van der Waals surface area contributed by atoms with Crippen molar-refractivity contribution in [2.75, 3.05) is 26.2 Å². The van der Waals surface area contributed by atoms with Gasteiger partial charge in [-0.25, -0.2) is 15.6 Å². The molecular formula is C22H29Cl2N5O3. The summed E-state index contributed by atoms with van der Waals surface area (Å²) in [6, 6.07) is 5.85. The van der Waals surface area contributed by atoms with E-state index in [-0.39, 0.29) is 24.5 Å². The minimum atomic E-state index is -0.324. The summed E-state index contributed by atoms with van der Waals surface area (Å²) in [5.74, 6) is 1.12. The molecular weight excluding hydrogens is 453 g/mol. The van der Waals surface area contributed by atoms with Gasteiger partial charge in [-0.2, -0.15) is 5.53 Å². The summed E-state index contributed by atoms with van der Waals surface area (Å²) in [6.45, 7) is 2.96. The molecule has 174 valence electrons. The van der Waals surface area contributed by atoms with Crippen molar-refractivity contribution in [2.45, 2.75) is 44.4 Å². The van der Waals surface area contributed by atoms with Gasteiger partial charge < -0.3 is 14.5 Å². The first-order valence-electron chi connectivity index (χ1n) is 11.4. The summed E-state index contributed by atoms with van der Waals surface area (Å²) in [5.41, 5.74) is 10.2. The first-order valence-corrected chi connectivity index (χ1v) is 12.1. The molecule has 1 saturated carbocycles. The molecule has 0 radical (unpaired) electrons. The second-order valence-corrected chi connectivity index (χ2v) is 10.3. The number of carbonyl (C=O) groups is 2. The number of nitrogens with zero attached hydrogens (tertiary/aromatic N) is 2. The van der Waals surface area contributed by atoms with Crippen molar-refractivity contribution < 1.29 is 14.3 Å². The van der Waals surface area contributed by atoms with Gasteiger partial charge in [0.1, 0.15) is 6.61 Å². The third kappa shape index (κ3) is 4.70. The summed E-state index contributed by atoms with van der Waals surface area (Å²) in [6.07, 6.45) is 3.36. The first-order chi connectivity index (χ1) is 15.5. The molecule has 1 aromatic rings. The fourth-order valence-corrected chi connectivity index (χ4v) is 6.23. The van der Waals surface area contributed by atoms with Crippen LogP contribution in [0.2, 0.25) is 10.0 Å².